The lowest BCUT2D eigenvalue weighted by Gasteiger charge is -2.35. The van der Waals surface area contributed by atoms with Crippen LogP contribution in [0.1, 0.15) is 41.8 Å². The van der Waals surface area contributed by atoms with Gasteiger partial charge in [-0.3, -0.25) is 14.2 Å². The summed E-state index contributed by atoms with van der Waals surface area (Å²) in [4.78, 5) is 32.9. The van der Waals surface area contributed by atoms with E-state index >= 15 is 0 Å². The zero-order valence-corrected chi connectivity index (χ0v) is 21.7. The number of amides is 1. The van der Waals surface area contributed by atoms with Crippen molar-refractivity contribution in [2.45, 2.75) is 51.9 Å². The molecule has 1 aromatic heterocycles. The monoisotopic (exact) mass is 515 g/mol. The number of hydrogen-bond donors (Lipinski definition) is 0. The molecule has 1 unspecified atom stereocenters. The fourth-order valence-corrected chi connectivity index (χ4v) is 5.00. The highest BCUT2D eigenvalue weighted by molar-refractivity contribution is 6.31. The molecule has 1 fully saturated rings. The summed E-state index contributed by atoms with van der Waals surface area (Å²) in [6, 6.07) is 23.2. The first kappa shape index (κ1) is 25.2. The Morgan fingerprint density at radius 1 is 0.973 bits per heavy atom. The van der Waals surface area contributed by atoms with E-state index in [9.17, 15) is 9.59 Å². The van der Waals surface area contributed by atoms with E-state index in [1.807, 2.05) is 35.2 Å². The Morgan fingerprint density at radius 2 is 1.73 bits per heavy atom. The summed E-state index contributed by atoms with van der Waals surface area (Å²) in [5.41, 5.74) is 3.73. The lowest BCUT2D eigenvalue weighted by molar-refractivity contribution is -0.139. The number of fused-ring (bicyclic) bond motifs is 1. The van der Waals surface area contributed by atoms with Crippen LogP contribution in [0, 0.1) is 6.92 Å². The number of halogens is 1. The maximum atomic E-state index is 13.4. The van der Waals surface area contributed by atoms with Crippen molar-refractivity contribution in [3.8, 4) is 0 Å². The van der Waals surface area contributed by atoms with Gasteiger partial charge in [-0.15, -0.1) is 0 Å². The van der Waals surface area contributed by atoms with Gasteiger partial charge in [-0.1, -0.05) is 71.8 Å². The van der Waals surface area contributed by atoms with Crippen LogP contribution in [0.4, 0.5) is 0 Å². The Balaban J connectivity index is 1.36. The molecule has 190 valence electrons. The van der Waals surface area contributed by atoms with E-state index in [1.54, 1.807) is 22.8 Å². The van der Waals surface area contributed by atoms with Crippen LogP contribution < -0.4 is 5.56 Å². The van der Waals surface area contributed by atoms with Crippen LogP contribution in [0.2, 0.25) is 5.02 Å². The molecule has 1 aliphatic rings. The summed E-state index contributed by atoms with van der Waals surface area (Å²) >= 11 is 6.19. The minimum Gasteiger partial charge on any atom is -0.371 e. The molecule has 0 aliphatic carbocycles. The van der Waals surface area contributed by atoms with Gasteiger partial charge in [0, 0.05) is 18.0 Å². The molecule has 0 bridgehead atoms. The van der Waals surface area contributed by atoms with Gasteiger partial charge < -0.3 is 9.64 Å². The molecule has 1 aliphatic heterocycles. The largest absolute Gasteiger partial charge is 0.371 e. The number of benzene rings is 3. The zero-order valence-electron chi connectivity index (χ0n) is 20.9. The van der Waals surface area contributed by atoms with E-state index in [-0.39, 0.29) is 24.1 Å². The van der Waals surface area contributed by atoms with Crippen LogP contribution in [0.3, 0.4) is 0 Å². The highest BCUT2D eigenvalue weighted by atomic mass is 35.5. The van der Waals surface area contributed by atoms with Gasteiger partial charge >= 0.3 is 0 Å². The SMILES string of the molecule is Cc1ccc(CN2C(=O)CCCC2COCc2nc3cc(Cl)ccc3c(=O)n2Cc2ccccc2)cc1. The van der Waals surface area contributed by atoms with Gasteiger partial charge in [0.25, 0.3) is 5.56 Å². The van der Waals surface area contributed by atoms with E-state index in [4.69, 9.17) is 21.3 Å². The van der Waals surface area contributed by atoms with Crippen molar-refractivity contribution in [1.29, 1.82) is 0 Å². The molecule has 37 heavy (non-hydrogen) atoms. The molecule has 1 saturated heterocycles. The van der Waals surface area contributed by atoms with Gasteiger partial charge in [-0.25, -0.2) is 4.98 Å². The number of hydrogen-bond acceptors (Lipinski definition) is 4. The molecule has 2 heterocycles. The average Bonchev–Trinajstić information content (AvgIpc) is 2.89. The van der Waals surface area contributed by atoms with E-state index in [0.29, 0.717) is 47.9 Å². The number of piperidine rings is 1. The Bertz CT molecular complexity index is 1450. The highest BCUT2D eigenvalue weighted by Gasteiger charge is 2.28. The molecule has 3 aromatic carbocycles. The summed E-state index contributed by atoms with van der Waals surface area (Å²) in [7, 11) is 0. The van der Waals surface area contributed by atoms with E-state index in [2.05, 4.69) is 31.2 Å². The van der Waals surface area contributed by atoms with Gasteiger partial charge in [-0.2, -0.15) is 0 Å². The van der Waals surface area contributed by atoms with Crippen LogP contribution >= 0.6 is 11.6 Å². The van der Waals surface area contributed by atoms with E-state index < -0.39 is 0 Å². The molecular formula is C30H30ClN3O3. The smallest absolute Gasteiger partial charge is 0.261 e. The highest BCUT2D eigenvalue weighted by Crippen LogP contribution is 2.22. The van der Waals surface area contributed by atoms with Crippen molar-refractivity contribution in [2.75, 3.05) is 6.61 Å². The third-order valence-electron chi connectivity index (χ3n) is 6.88. The van der Waals surface area contributed by atoms with E-state index in [0.717, 1.165) is 24.0 Å². The third-order valence-corrected chi connectivity index (χ3v) is 7.12. The molecular weight excluding hydrogens is 486 g/mol. The molecule has 0 radical (unpaired) electrons. The van der Waals surface area contributed by atoms with Crippen LogP contribution in [0.5, 0.6) is 0 Å². The second-order valence-electron chi connectivity index (χ2n) is 9.63. The van der Waals surface area contributed by atoms with Crippen LogP contribution in [0.25, 0.3) is 10.9 Å². The van der Waals surface area contributed by atoms with Gasteiger partial charge in [-0.05, 0) is 49.1 Å². The Labute approximate surface area is 221 Å². The average molecular weight is 516 g/mol. The zero-order chi connectivity index (χ0) is 25.8. The van der Waals surface area contributed by atoms with Gasteiger partial charge in [0.2, 0.25) is 5.91 Å². The number of aromatic nitrogens is 2. The predicted octanol–water partition coefficient (Wildman–Crippen LogP) is 5.50. The normalized spacial score (nSPS) is 15.9. The molecule has 1 atom stereocenters. The van der Waals surface area contributed by atoms with Crippen molar-refractivity contribution in [2.24, 2.45) is 0 Å². The minimum atomic E-state index is -0.127. The van der Waals surface area contributed by atoms with Crippen molar-refractivity contribution < 1.29 is 9.53 Å². The Hall–Kier alpha value is -3.48. The summed E-state index contributed by atoms with van der Waals surface area (Å²) < 4.78 is 7.83. The molecule has 6 nitrogen and oxygen atoms in total. The summed E-state index contributed by atoms with van der Waals surface area (Å²) in [6.45, 7) is 3.56. The van der Waals surface area contributed by atoms with Crippen molar-refractivity contribution in [3.05, 3.63) is 111 Å². The first-order valence-electron chi connectivity index (χ1n) is 12.6. The van der Waals surface area contributed by atoms with Crippen molar-refractivity contribution in [3.63, 3.8) is 0 Å². The fourth-order valence-electron chi connectivity index (χ4n) is 4.84. The summed E-state index contributed by atoms with van der Waals surface area (Å²) in [5, 5.41) is 1.05. The number of rotatable bonds is 8. The number of aryl methyl sites for hydroxylation is 1. The minimum absolute atomic E-state index is 0.0215. The maximum Gasteiger partial charge on any atom is 0.261 e. The first-order chi connectivity index (χ1) is 18.0. The van der Waals surface area contributed by atoms with Crippen LogP contribution in [-0.4, -0.2) is 33.0 Å². The van der Waals surface area contributed by atoms with Crippen LogP contribution in [-0.2, 0) is 29.2 Å². The second-order valence-corrected chi connectivity index (χ2v) is 10.1. The molecule has 4 aromatic rings. The van der Waals surface area contributed by atoms with Gasteiger partial charge in [0.05, 0.1) is 30.1 Å². The number of ether oxygens (including phenoxy) is 1. The quantitative estimate of drug-likeness (QED) is 0.310. The number of nitrogens with zero attached hydrogens (tertiary/aromatic N) is 3. The van der Waals surface area contributed by atoms with Gasteiger partial charge in [0.15, 0.2) is 0 Å². The summed E-state index contributed by atoms with van der Waals surface area (Å²) in [5.74, 6) is 0.690. The first-order valence-corrected chi connectivity index (χ1v) is 13.0. The standard InChI is InChI=1S/C30H30ClN3O3/c1-21-10-12-23(13-11-21)17-33-25(8-5-9-29(33)35)19-37-20-28-32-27-16-24(31)14-15-26(27)30(36)34(28)18-22-6-3-2-4-7-22/h2-4,6-7,10-16,25H,5,8-9,17-20H2,1H3. The summed E-state index contributed by atoms with van der Waals surface area (Å²) in [6.07, 6.45) is 2.30. The lowest BCUT2D eigenvalue weighted by atomic mass is 10.0. The predicted molar refractivity (Wildman–Crippen MR) is 146 cm³/mol. The molecule has 0 spiro atoms. The Kier molecular flexibility index (Phi) is 7.68. The van der Waals surface area contributed by atoms with Gasteiger partial charge in [0.1, 0.15) is 12.4 Å². The molecule has 0 saturated carbocycles. The van der Waals surface area contributed by atoms with E-state index in [1.165, 1.54) is 5.56 Å². The topological polar surface area (TPSA) is 64.4 Å². The van der Waals surface area contributed by atoms with Crippen molar-refractivity contribution in [1.82, 2.24) is 14.5 Å². The number of likely N-dealkylation sites (tertiary alicyclic amines) is 1. The molecule has 7 heteroatoms. The Morgan fingerprint density at radius 3 is 2.51 bits per heavy atom. The fraction of sp³-hybridized carbons (Fsp3) is 0.300. The molecule has 1 amide bonds. The lowest BCUT2D eigenvalue weighted by Crippen LogP contribution is -2.45. The molecule has 0 N–H and O–H groups in total. The number of carbonyl (C=O) groups is 1. The number of carbonyl (C=O) groups excluding carboxylic acids is 1. The molecule has 5 rings (SSSR count). The maximum absolute atomic E-state index is 13.4. The third kappa shape index (κ3) is 5.92. The van der Waals surface area contributed by atoms with Crippen LogP contribution in [0.15, 0.2) is 77.6 Å². The second kappa shape index (κ2) is 11.3. The van der Waals surface area contributed by atoms with Crippen molar-refractivity contribution >= 4 is 28.4 Å².